The predicted octanol–water partition coefficient (Wildman–Crippen LogP) is 1.25. The molecule has 0 aromatic rings. The molecule has 0 radical (unpaired) electrons. The van der Waals surface area contributed by atoms with Crippen LogP contribution in [0.1, 0.15) is 19.8 Å². The van der Waals surface area contributed by atoms with Gasteiger partial charge in [-0.05, 0) is 26.8 Å². The fourth-order valence-electron chi connectivity index (χ4n) is 1.29. The van der Waals surface area contributed by atoms with E-state index in [0.29, 0.717) is 0 Å². The highest BCUT2D eigenvalue weighted by molar-refractivity contribution is 4.91. The minimum atomic E-state index is 0.836. The van der Waals surface area contributed by atoms with Crippen LogP contribution in [0.2, 0.25) is 0 Å². The highest BCUT2D eigenvalue weighted by Crippen LogP contribution is 2.17. The molecule has 0 unspecified atom stereocenters. The second-order valence-electron chi connectivity index (χ2n) is 3.92. The first kappa shape index (κ1) is 9.75. The van der Waals surface area contributed by atoms with Crippen LogP contribution in [-0.2, 0) is 0 Å². The maximum atomic E-state index is 3.89. The van der Waals surface area contributed by atoms with Gasteiger partial charge in [-0.3, -0.25) is 0 Å². The Bertz CT molecular complexity index is 150. The molecule has 70 valence electrons. The van der Waals surface area contributed by atoms with Gasteiger partial charge in [0.05, 0.1) is 0 Å². The lowest BCUT2D eigenvalue weighted by molar-refractivity contribution is 0.357. The molecule has 2 nitrogen and oxygen atoms in total. The van der Waals surface area contributed by atoms with Crippen molar-refractivity contribution < 1.29 is 0 Å². The van der Waals surface area contributed by atoms with Crippen LogP contribution >= 0.6 is 0 Å². The molecule has 1 rings (SSSR count). The molecule has 0 atom stereocenters. The van der Waals surface area contributed by atoms with E-state index < -0.39 is 0 Å². The lowest BCUT2D eigenvalue weighted by atomic mass is 10.3. The summed E-state index contributed by atoms with van der Waals surface area (Å²) in [5, 5.41) is 3.49. The van der Waals surface area contributed by atoms with Gasteiger partial charge in [-0.1, -0.05) is 12.2 Å². The van der Waals surface area contributed by atoms with E-state index in [0.717, 1.165) is 25.7 Å². The van der Waals surface area contributed by atoms with Crippen LogP contribution in [0.3, 0.4) is 0 Å². The summed E-state index contributed by atoms with van der Waals surface area (Å²) in [4.78, 5) is 2.30. The van der Waals surface area contributed by atoms with Gasteiger partial charge in [0.15, 0.2) is 0 Å². The topological polar surface area (TPSA) is 15.3 Å². The molecular formula is C10H20N2. The van der Waals surface area contributed by atoms with E-state index in [4.69, 9.17) is 0 Å². The maximum Gasteiger partial charge on any atom is 0.0184 e. The number of hydrogen-bond acceptors (Lipinski definition) is 2. The lowest BCUT2D eigenvalue weighted by Gasteiger charge is -2.16. The van der Waals surface area contributed by atoms with Gasteiger partial charge in [-0.15, -0.1) is 0 Å². The van der Waals surface area contributed by atoms with E-state index in [2.05, 4.69) is 30.8 Å². The van der Waals surface area contributed by atoms with E-state index in [-0.39, 0.29) is 0 Å². The average Bonchev–Trinajstić information content (AvgIpc) is 2.69. The molecule has 0 spiro atoms. The van der Waals surface area contributed by atoms with E-state index in [1.54, 1.807) is 0 Å². The summed E-state index contributed by atoms with van der Waals surface area (Å²) in [6, 6.07) is 0.836. The third kappa shape index (κ3) is 4.52. The van der Waals surface area contributed by atoms with Crippen molar-refractivity contribution in [3.8, 4) is 0 Å². The van der Waals surface area contributed by atoms with E-state index in [1.807, 2.05) is 0 Å². The monoisotopic (exact) mass is 168 g/mol. The Hall–Kier alpha value is -0.340. The van der Waals surface area contributed by atoms with Crippen molar-refractivity contribution in [2.75, 3.05) is 26.7 Å². The largest absolute Gasteiger partial charge is 0.313 e. The third-order valence-corrected chi connectivity index (χ3v) is 2.04. The van der Waals surface area contributed by atoms with Gasteiger partial charge in [0.1, 0.15) is 0 Å². The molecule has 0 bridgehead atoms. The minimum Gasteiger partial charge on any atom is -0.313 e. The quantitative estimate of drug-likeness (QED) is 0.600. The smallest absolute Gasteiger partial charge is 0.0184 e. The minimum absolute atomic E-state index is 0.836. The first-order chi connectivity index (χ1) is 5.68. The molecule has 0 heterocycles. The molecule has 1 N–H and O–H groups in total. The van der Waals surface area contributed by atoms with Crippen LogP contribution in [-0.4, -0.2) is 37.6 Å². The average molecular weight is 168 g/mol. The molecule has 1 saturated carbocycles. The highest BCUT2D eigenvalue weighted by atomic mass is 15.1. The van der Waals surface area contributed by atoms with Gasteiger partial charge >= 0.3 is 0 Å². The van der Waals surface area contributed by atoms with Crippen LogP contribution in [0, 0.1) is 0 Å². The number of nitrogens with one attached hydrogen (secondary N) is 1. The van der Waals surface area contributed by atoms with Crippen LogP contribution in [0.25, 0.3) is 0 Å². The van der Waals surface area contributed by atoms with Crippen molar-refractivity contribution >= 4 is 0 Å². The predicted molar refractivity (Wildman–Crippen MR) is 53.3 cm³/mol. The Kier molecular flexibility index (Phi) is 3.76. The van der Waals surface area contributed by atoms with Gasteiger partial charge in [-0.2, -0.15) is 0 Å². The molecule has 12 heavy (non-hydrogen) atoms. The highest BCUT2D eigenvalue weighted by Gasteiger charge is 2.19. The van der Waals surface area contributed by atoms with Crippen molar-refractivity contribution in [1.29, 1.82) is 0 Å². The number of likely N-dealkylation sites (N-methyl/N-ethyl adjacent to an activating group) is 1. The molecule has 0 aliphatic heterocycles. The van der Waals surface area contributed by atoms with E-state index >= 15 is 0 Å². The Morgan fingerprint density at radius 3 is 2.75 bits per heavy atom. The van der Waals surface area contributed by atoms with Gasteiger partial charge in [-0.25, -0.2) is 0 Å². The summed E-state index contributed by atoms with van der Waals surface area (Å²) >= 11 is 0. The van der Waals surface area contributed by atoms with Crippen molar-refractivity contribution in [3.05, 3.63) is 12.2 Å². The Morgan fingerprint density at radius 2 is 2.25 bits per heavy atom. The number of hydrogen-bond donors (Lipinski definition) is 1. The van der Waals surface area contributed by atoms with E-state index in [9.17, 15) is 0 Å². The summed E-state index contributed by atoms with van der Waals surface area (Å²) in [7, 11) is 2.14. The van der Waals surface area contributed by atoms with Crippen LogP contribution in [0.5, 0.6) is 0 Å². The summed E-state index contributed by atoms with van der Waals surface area (Å²) < 4.78 is 0. The second kappa shape index (κ2) is 4.63. The number of rotatable bonds is 6. The summed E-state index contributed by atoms with van der Waals surface area (Å²) in [6.45, 7) is 9.23. The Morgan fingerprint density at radius 1 is 1.58 bits per heavy atom. The van der Waals surface area contributed by atoms with Crippen LogP contribution < -0.4 is 5.32 Å². The zero-order valence-corrected chi connectivity index (χ0v) is 8.27. The van der Waals surface area contributed by atoms with Crippen molar-refractivity contribution in [2.45, 2.75) is 25.8 Å². The molecule has 1 fully saturated rings. The molecule has 0 aromatic carbocycles. The van der Waals surface area contributed by atoms with Gasteiger partial charge in [0.2, 0.25) is 0 Å². The first-order valence-electron chi connectivity index (χ1n) is 4.75. The van der Waals surface area contributed by atoms with Crippen LogP contribution in [0.4, 0.5) is 0 Å². The molecule has 0 aromatic heterocycles. The summed E-state index contributed by atoms with van der Waals surface area (Å²) in [6.07, 6.45) is 2.76. The SMILES string of the molecule is C=C(C)CN(C)CCNC1CC1. The standard InChI is InChI=1S/C10H20N2/c1-9(2)8-12(3)7-6-11-10-4-5-10/h10-11H,1,4-8H2,2-3H3. The molecule has 1 aliphatic carbocycles. The zero-order chi connectivity index (χ0) is 8.97. The Balaban J connectivity index is 1.93. The normalized spacial score (nSPS) is 16.9. The maximum absolute atomic E-state index is 3.89. The van der Waals surface area contributed by atoms with Crippen molar-refractivity contribution in [3.63, 3.8) is 0 Å². The lowest BCUT2D eigenvalue weighted by Crippen LogP contribution is -2.31. The molecule has 1 aliphatic rings. The summed E-state index contributed by atoms with van der Waals surface area (Å²) in [5.74, 6) is 0. The molecule has 0 amide bonds. The molecular weight excluding hydrogens is 148 g/mol. The van der Waals surface area contributed by atoms with Gasteiger partial charge in [0.25, 0.3) is 0 Å². The van der Waals surface area contributed by atoms with Crippen molar-refractivity contribution in [1.82, 2.24) is 10.2 Å². The fraction of sp³-hybridized carbons (Fsp3) is 0.800. The second-order valence-corrected chi connectivity index (χ2v) is 3.92. The fourth-order valence-corrected chi connectivity index (χ4v) is 1.29. The van der Waals surface area contributed by atoms with Gasteiger partial charge < -0.3 is 10.2 Å². The van der Waals surface area contributed by atoms with Crippen molar-refractivity contribution in [2.24, 2.45) is 0 Å². The first-order valence-corrected chi connectivity index (χ1v) is 4.75. The van der Waals surface area contributed by atoms with E-state index in [1.165, 1.54) is 18.4 Å². The third-order valence-electron chi connectivity index (χ3n) is 2.04. The summed E-state index contributed by atoms with van der Waals surface area (Å²) in [5.41, 5.74) is 1.24. The van der Waals surface area contributed by atoms with Crippen LogP contribution in [0.15, 0.2) is 12.2 Å². The molecule has 0 saturated heterocycles. The number of nitrogens with zero attached hydrogens (tertiary/aromatic N) is 1. The molecule has 2 heteroatoms. The Labute approximate surface area is 75.6 Å². The van der Waals surface area contributed by atoms with Gasteiger partial charge in [0, 0.05) is 25.7 Å². The zero-order valence-electron chi connectivity index (χ0n) is 8.27.